The fourth-order valence-electron chi connectivity index (χ4n) is 3.16. The number of ether oxygens (including phenoxy) is 1. The highest BCUT2D eigenvalue weighted by Gasteiger charge is 2.20. The van der Waals surface area contributed by atoms with Gasteiger partial charge in [0, 0.05) is 12.2 Å². The molecule has 0 saturated carbocycles. The Morgan fingerprint density at radius 2 is 1.94 bits per heavy atom. The molecule has 1 amide bonds. The van der Waals surface area contributed by atoms with Crippen LogP contribution in [-0.2, 0) is 11.3 Å². The van der Waals surface area contributed by atoms with E-state index in [0.29, 0.717) is 23.2 Å². The molecule has 0 spiro atoms. The molecule has 0 fully saturated rings. The third-order valence-corrected chi connectivity index (χ3v) is 5.73. The lowest BCUT2D eigenvalue weighted by molar-refractivity contribution is -0.113. The van der Waals surface area contributed by atoms with Crippen LogP contribution in [0.3, 0.4) is 0 Å². The monoisotopic (exact) mass is 462 g/mol. The van der Waals surface area contributed by atoms with Crippen LogP contribution in [-0.4, -0.2) is 26.4 Å². The lowest BCUT2D eigenvalue weighted by Gasteiger charge is -2.16. The van der Waals surface area contributed by atoms with Crippen molar-refractivity contribution in [2.24, 2.45) is 0 Å². The number of hydrogen-bond donors (Lipinski definition) is 1. The summed E-state index contributed by atoms with van der Waals surface area (Å²) in [5.41, 5.74) is 2.69. The summed E-state index contributed by atoms with van der Waals surface area (Å²) in [7, 11) is 0. The summed E-state index contributed by atoms with van der Waals surface area (Å²) < 4.78 is 21.3. The Morgan fingerprint density at radius 3 is 2.58 bits per heavy atom. The molecule has 1 N–H and O–H groups in total. The first kappa shape index (κ1) is 23.1. The zero-order chi connectivity index (χ0) is 22.5. The number of amides is 1. The Hall–Kier alpha value is -2.58. The zero-order valence-electron chi connectivity index (χ0n) is 17.8. The Morgan fingerprint density at radius 1 is 1.23 bits per heavy atom. The normalized spacial score (nSPS) is 11.9. The van der Waals surface area contributed by atoms with Gasteiger partial charge in [-0.1, -0.05) is 29.4 Å². The van der Waals surface area contributed by atoms with Crippen LogP contribution in [0.15, 0.2) is 41.6 Å². The maximum absolute atomic E-state index is 13.3. The van der Waals surface area contributed by atoms with Crippen molar-refractivity contribution in [1.29, 1.82) is 0 Å². The third-order valence-electron chi connectivity index (χ3n) is 4.47. The first-order chi connectivity index (χ1) is 14.8. The predicted molar refractivity (Wildman–Crippen MR) is 121 cm³/mol. The fourth-order valence-corrected chi connectivity index (χ4v) is 4.15. The molecule has 1 unspecified atom stereocenters. The molecule has 0 bridgehead atoms. The van der Waals surface area contributed by atoms with E-state index in [9.17, 15) is 9.18 Å². The van der Waals surface area contributed by atoms with Crippen molar-refractivity contribution in [2.75, 3.05) is 11.1 Å². The van der Waals surface area contributed by atoms with E-state index in [2.05, 4.69) is 21.6 Å². The Kier molecular flexibility index (Phi) is 7.56. The third kappa shape index (κ3) is 5.98. The molecule has 1 aromatic heterocycles. The van der Waals surface area contributed by atoms with Crippen LogP contribution >= 0.6 is 23.4 Å². The van der Waals surface area contributed by atoms with Gasteiger partial charge >= 0.3 is 0 Å². The highest BCUT2D eigenvalue weighted by Crippen LogP contribution is 2.26. The van der Waals surface area contributed by atoms with Crippen LogP contribution in [0.2, 0.25) is 5.02 Å². The quantitative estimate of drug-likeness (QED) is 0.442. The minimum Gasteiger partial charge on any atom is -0.483 e. The van der Waals surface area contributed by atoms with Crippen molar-refractivity contribution < 1.29 is 13.9 Å². The van der Waals surface area contributed by atoms with E-state index >= 15 is 0 Å². The highest BCUT2D eigenvalue weighted by molar-refractivity contribution is 7.99. The first-order valence-corrected chi connectivity index (χ1v) is 11.2. The summed E-state index contributed by atoms with van der Waals surface area (Å²) in [6, 6.07) is 10.1. The molecule has 0 aliphatic heterocycles. The van der Waals surface area contributed by atoms with Gasteiger partial charge in [0.1, 0.15) is 11.6 Å². The number of thioether (sulfide) groups is 1. The van der Waals surface area contributed by atoms with Crippen LogP contribution in [0.4, 0.5) is 10.1 Å². The summed E-state index contributed by atoms with van der Waals surface area (Å²) in [5.74, 6) is 0.811. The molecule has 3 aromatic rings. The second kappa shape index (κ2) is 10.2. The smallest absolute Gasteiger partial charge is 0.234 e. The minimum atomic E-state index is -0.533. The number of halogens is 2. The average molecular weight is 463 g/mol. The maximum atomic E-state index is 13.3. The number of aryl methyl sites for hydroxylation is 2. The average Bonchev–Trinajstić information content (AvgIpc) is 3.11. The molecule has 0 saturated heterocycles. The van der Waals surface area contributed by atoms with E-state index in [1.165, 1.54) is 30.0 Å². The van der Waals surface area contributed by atoms with Crippen molar-refractivity contribution in [2.45, 2.75) is 45.5 Å². The molecule has 31 heavy (non-hydrogen) atoms. The van der Waals surface area contributed by atoms with E-state index in [1.807, 2.05) is 44.4 Å². The number of anilines is 1. The fraction of sp³-hybridized carbons (Fsp3) is 0.318. The second-order valence-corrected chi connectivity index (χ2v) is 8.48. The largest absolute Gasteiger partial charge is 0.483 e. The zero-order valence-corrected chi connectivity index (χ0v) is 19.4. The van der Waals surface area contributed by atoms with Gasteiger partial charge < -0.3 is 14.6 Å². The van der Waals surface area contributed by atoms with Crippen molar-refractivity contribution in [3.8, 4) is 5.75 Å². The number of hydrogen-bond acceptors (Lipinski definition) is 5. The van der Waals surface area contributed by atoms with Gasteiger partial charge in [-0.2, -0.15) is 0 Å². The van der Waals surface area contributed by atoms with Gasteiger partial charge in [-0.3, -0.25) is 4.79 Å². The maximum Gasteiger partial charge on any atom is 0.234 e. The standard InChI is InChI=1S/C22H24ClFN4O2S/c1-5-28-21(15(4)30-17-9-13(2)8-14(3)10-17)26-27-22(28)31-12-20(29)25-16-6-7-19(24)18(23)11-16/h6-11,15H,5,12H2,1-4H3,(H,25,29). The van der Waals surface area contributed by atoms with Crippen LogP contribution in [0.5, 0.6) is 5.75 Å². The Labute approximate surface area is 190 Å². The molecule has 9 heteroatoms. The van der Waals surface area contributed by atoms with Crippen molar-refractivity contribution in [1.82, 2.24) is 14.8 Å². The van der Waals surface area contributed by atoms with Gasteiger partial charge in [-0.05, 0) is 69.2 Å². The molecule has 0 aliphatic rings. The molecule has 2 aromatic carbocycles. The Balaban J connectivity index is 1.64. The van der Waals surface area contributed by atoms with Gasteiger partial charge in [-0.25, -0.2) is 4.39 Å². The minimum absolute atomic E-state index is 0.0430. The summed E-state index contributed by atoms with van der Waals surface area (Å²) in [5, 5.41) is 11.8. The number of rotatable bonds is 8. The SMILES string of the molecule is CCn1c(SCC(=O)Nc2ccc(F)c(Cl)c2)nnc1C(C)Oc1cc(C)cc(C)c1. The molecule has 1 heterocycles. The van der Waals surface area contributed by atoms with Crippen LogP contribution in [0.1, 0.15) is 36.9 Å². The molecule has 1 atom stereocenters. The molecule has 0 aliphatic carbocycles. The molecule has 0 radical (unpaired) electrons. The van der Waals surface area contributed by atoms with Crippen molar-refractivity contribution in [3.63, 3.8) is 0 Å². The second-order valence-electron chi connectivity index (χ2n) is 7.13. The predicted octanol–water partition coefficient (Wildman–Crippen LogP) is 5.58. The number of aromatic nitrogens is 3. The molecule has 164 valence electrons. The summed E-state index contributed by atoms with van der Waals surface area (Å²) >= 11 is 7.02. The van der Waals surface area contributed by atoms with E-state index in [1.54, 1.807) is 0 Å². The molecule has 3 rings (SSSR count). The number of nitrogens with one attached hydrogen (secondary N) is 1. The lowest BCUT2D eigenvalue weighted by Crippen LogP contribution is -2.15. The van der Waals surface area contributed by atoms with Crippen LogP contribution in [0, 0.1) is 19.7 Å². The number of nitrogens with zero attached hydrogens (tertiary/aromatic N) is 3. The Bertz CT molecular complexity index is 1070. The topological polar surface area (TPSA) is 69.0 Å². The number of benzene rings is 2. The summed E-state index contributed by atoms with van der Waals surface area (Å²) in [4.78, 5) is 12.3. The number of carbonyl (C=O) groups excluding carboxylic acids is 1. The van der Waals surface area contributed by atoms with Crippen LogP contribution in [0.25, 0.3) is 0 Å². The van der Waals surface area contributed by atoms with E-state index in [4.69, 9.17) is 16.3 Å². The van der Waals surface area contributed by atoms with Crippen LogP contribution < -0.4 is 10.1 Å². The number of carbonyl (C=O) groups is 1. The first-order valence-electron chi connectivity index (χ1n) is 9.82. The summed E-state index contributed by atoms with van der Waals surface area (Å²) in [6.45, 7) is 8.60. The van der Waals surface area contributed by atoms with Crippen molar-refractivity contribution >= 4 is 35.0 Å². The molecule has 6 nitrogen and oxygen atoms in total. The van der Waals surface area contributed by atoms with Gasteiger partial charge in [0.05, 0.1) is 10.8 Å². The van der Waals surface area contributed by atoms with Gasteiger partial charge in [0.25, 0.3) is 0 Å². The summed E-state index contributed by atoms with van der Waals surface area (Å²) in [6.07, 6.45) is -0.307. The van der Waals surface area contributed by atoms with Crippen molar-refractivity contribution in [3.05, 3.63) is 64.2 Å². The van der Waals surface area contributed by atoms with Gasteiger partial charge in [-0.15, -0.1) is 10.2 Å². The molecular formula is C22H24ClFN4O2S. The highest BCUT2D eigenvalue weighted by atomic mass is 35.5. The molecular weight excluding hydrogens is 439 g/mol. The van der Waals surface area contributed by atoms with Gasteiger partial charge in [0.15, 0.2) is 17.1 Å². The van der Waals surface area contributed by atoms with E-state index in [0.717, 1.165) is 16.9 Å². The lowest BCUT2D eigenvalue weighted by atomic mass is 10.1. The van der Waals surface area contributed by atoms with E-state index < -0.39 is 5.82 Å². The van der Waals surface area contributed by atoms with Gasteiger partial charge in [0.2, 0.25) is 5.91 Å². The van der Waals surface area contributed by atoms with E-state index in [-0.39, 0.29) is 22.8 Å².